The Balaban J connectivity index is 2.25. The molecular formula is C12H15Cl2FN2O3S. The Morgan fingerprint density at radius 3 is 2.71 bits per heavy atom. The van der Waals surface area contributed by atoms with Crippen molar-refractivity contribution in [3.8, 4) is 0 Å². The molecule has 3 atom stereocenters. The van der Waals surface area contributed by atoms with Crippen molar-refractivity contribution >= 4 is 33.2 Å². The lowest BCUT2D eigenvalue weighted by molar-refractivity contribution is -0.0248. The van der Waals surface area contributed by atoms with E-state index in [2.05, 4.69) is 4.72 Å². The van der Waals surface area contributed by atoms with Crippen molar-refractivity contribution in [1.82, 2.24) is 4.72 Å². The first kappa shape index (κ1) is 16.9. The lowest BCUT2D eigenvalue weighted by Gasteiger charge is -2.42. The van der Waals surface area contributed by atoms with Gasteiger partial charge in [0.1, 0.15) is 4.90 Å². The zero-order chi connectivity index (χ0) is 15.8. The van der Waals surface area contributed by atoms with Gasteiger partial charge in [0, 0.05) is 12.6 Å². The molecule has 21 heavy (non-hydrogen) atoms. The zero-order valence-corrected chi connectivity index (χ0v) is 13.5. The molecule has 5 nitrogen and oxygen atoms in total. The molecule has 0 aromatic heterocycles. The van der Waals surface area contributed by atoms with E-state index in [0.717, 1.165) is 12.1 Å². The minimum absolute atomic E-state index is 0.244. The fourth-order valence-corrected chi connectivity index (χ4v) is 4.21. The van der Waals surface area contributed by atoms with Gasteiger partial charge < -0.3 is 10.5 Å². The molecule has 0 amide bonds. The Kier molecular flexibility index (Phi) is 5.12. The number of hydrogen-bond donors (Lipinski definition) is 2. The van der Waals surface area contributed by atoms with E-state index < -0.39 is 26.9 Å². The van der Waals surface area contributed by atoms with Gasteiger partial charge >= 0.3 is 0 Å². The van der Waals surface area contributed by atoms with Crippen LogP contribution in [0.4, 0.5) is 4.39 Å². The van der Waals surface area contributed by atoms with Gasteiger partial charge in [-0.2, -0.15) is 0 Å². The average Bonchev–Trinajstić information content (AvgIpc) is 2.42. The van der Waals surface area contributed by atoms with Gasteiger partial charge in [-0.05, 0) is 25.5 Å². The number of halogens is 3. The molecule has 1 saturated carbocycles. The first-order chi connectivity index (χ1) is 9.77. The zero-order valence-electron chi connectivity index (χ0n) is 11.1. The lowest BCUT2D eigenvalue weighted by atomic mass is 9.84. The SMILES string of the molecule is CCOC1CC(N)C1NS(=O)(=O)c1ccc(Cl)c(F)c1Cl. The van der Waals surface area contributed by atoms with Gasteiger partial charge in [-0.1, -0.05) is 23.2 Å². The maximum atomic E-state index is 13.6. The summed E-state index contributed by atoms with van der Waals surface area (Å²) in [5.74, 6) is -0.972. The fraction of sp³-hybridized carbons (Fsp3) is 0.500. The molecule has 3 unspecified atom stereocenters. The summed E-state index contributed by atoms with van der Waals surface area (Å²) in [5.41, 5.74) is 5.79. The average molecular weight is 357 g/mol. The van der Waals surface area contributed by atoms with Crippen LogP contribution in [-0.2, 0) is 14.8 Å². The van der Waals surface area contributed by atoms with Crippen LogP contribution in [0.3, 0.4) is 0 Å². The van der Waals surface area contributed by atoms with E-state index in [9.17, 15) is 12.8 Å². The molecule has 1 aromatic rings. The second kappa shape index (κ2) is 6.36. The molecule has 0 radical (unpaired) electrons. The van der Waals surface area contributed by atoms with Crippen molar-refractivity contribution in [3.05, 3.63) is 28.0 Å². The summed E-state index contributed by atoms with van der Waals surface area (Å²) in [7, 11) is -4.02. The van der Waals surface area contributed by atoms with Crippen LogP contribution in [0, 0.1) is 5.82 Å². The predicted octanol–water partition coefficient (Wildman–Crippen LogP) is 1.92. The number of nitrogens with one attached hydrogen (secondary N) is 1. The molecule has 2 rings (SSSR count). The van der Waals surface area contributed by atoms with Gasteiger partial charge in [-0.15, -0.1) is 0 Å². The van der Waals surface area contributed by atoms with Crippen LogP contribution in [-0.4, -0.2) is 33.2 Å². The normalized spacial score (nSPS) is 25.7. The predicted molar refractivity (Wildman–Crippen MR) is 78.5 cm³/mol. The quantitative estimate of drug-likeness (QED) is 0.789. The molecule has 0 spiro atoms. The third kappa shape index (κ3) is 3.33. The molecule has 1 aliphatic rings. The second-order valence-electron chi connectivity index (χ2n) is 4.71. The molecule has 1 fully saturated rings. The van der Waals surface area contributed by atoms with Crippen molar-refractivity contribution in [1.29, 1.82) is 0 Å². The van der Waals surface area contributed by atoms with Gasteiger partial charge in [0.2, 0.25) is 10.0 Å². The second-order valence-corrected chi connectivity index (χ2v) is 7.18. The highest BCUT2D eigenvalue weighted by Crippen LogP contribution is 2.31. The number of rotatable bonds is 5. The van der Waals surface area contributed by atoms with E-state index in [-0.39, 0.29) is 22.1 Å². The van der Waals surface area contributed by atoms with Gasteiger partial charge in [0.05, 0.1) is 22.2 Å². The number of hydrogen-bond acceptors (Lipinski definition) is 4. The number of benzene rings is 1. The van der Waals surface area contributed by atoms with E-state index in [1.165, 1.54) is 0 Å². The molecule has 3 N–H and O–H groups in total. The van der Waals surface area contributed by atoms with E-state index in [0.29, 0.717) is 13.0 Å². The third-order valence-corrected chi connectivity index (χ3v) is 5.60. The number of nitrogens with two attached hydrogens (primary N) is 1. The Bertz CT molecular complexity index is 640. The molecule has 9 heteroatoms. The summed E-state index contributed by atoms with van der Waals surface area (Å²) in [6, 6.07) is 1.37. The van der Waals surface area contributed by atoms with E-state index in [1.807, 2.05) is 0 Å². The van der Waals surface area contributed by atoms with E-state index in [1.54, 1.807) is 6.92 Å². The Morgan fingerprint density at radius 2 is 2.14 bits per heavy atom. The van der Waals surface area contributed by atoms with Crippen LogP contribution in [0.15, 0.2) is 17.0 Å². The molecule has 1 aromatic carbocycles. The molecule has 0 bridgehead atoms. The summed E-state index contributed by atoms with van der Waals surface area (Å²) < 4.78 is 46.0. The van der Waals surface area contributed by atoms with Crippen LogP contribution in [0.2, 0.25) is 10.0 Å². The Labute approximate surface area is 132 Å². The van der Waals surface area contributed by atoms with Crippen molar-refractivity contribution in [2.24, 2.45) is 5.73 Å². The maximum Gasteiger partial charge on any atom is 0.242 e. The Morgan fingerprint density at radius 1 is 1.48 bits per heavy atom. The summed E-state index contributed by atoms with van der Waals surface area (Å²) in [5, 5.41) is -0.789. The van der Waals surface area contributed by atoms with Crippen LogP contribution >= 0.6 is 23.2 Å². The summed E-state index contributed by atoms with van der Waals surface area (Å²) in [6.45, 7) is 2.26. The van der Waals surface area contributed by atoms with E-state index >= 15 is 0 Å². The third-order valence-electron chi connectivity index (χ3n) is 3.33. The molecule has 118 valence electrons. The monoisotopic (exact) mass is 356 g/mol. The molecule has 0 saturated heterocycles. The number of ether oxygens (including phenoxy) is 1. The van der Waals surface area contributed by atoms with Gasteiger partial charge in [-0.3, -0.25) is 0 Å². The fourth-order valence-electron chi connectivity index (χ4n) is 2.15. The summed E-state index contributed by atoms with van der Waals surface area (Å²) in [4.78, 5) is -0.375. The van der Waals surface area contributed by atoms with E-state index in [4.69, 9.17) is 33.7 Å². The minimum atomic E-state index is -4.02. The summed E-state index contributed by atoms with van der Waals surface area (Å²) >= 11 is 11.3. The topological polar surface area (TPSA) is 81.4 Å². The molecule has 0 heterocycles. The van der Waals surface area contributed by atoms with Gasteiger partial charge in [0.25, 0.3) is 0 Å². The molecule has 0 aliphatic heterocycles. The minimum Gasteiger partial charge on any atom is -0.377 e. The first-order valence-electron chi connectivity index (χ1n) is 6.31. The van der Waals surface area contributed by atoms with Crippen molar-refractivity contribution < 1.29 is 17.5 Å². The highest BCUT2D eigenvalue weighted by molar-refractivity contribution is 7.89. The highest BCUT2D eigenvalue weighted by Gasteiger charge is 2.42. The summed E-state index contributed by atoms with van der Waals surface area (Å²) in [6.07, 6.45) is 0.264. The maximum absolute atomic E-state index is 13.6. The molecule has 1 aliphatic carbocycles. The highest BCUT2D eigenvalue weighted by atomic mass is 35.5. The smallest absolute Gasteiger partial charge is 0.242 e. The van der Waals surface area contributed by atoms with Crippen molar-refractivity contribution in [2.75, 3.05) is 6.61 Å². The standard InChI is InChI=1S/C12H15Cl2FN2O3S/c1-2-20-8-5-7(16)12(8)17-21(18,19)9-4-3-6(13)11(15)10(9)14/h3-4,7-8,12,17H,2,5,16H2,1H3. The number of sulfonamides is 1. The van der Waals surface area contributed by atoms with Crippen LogP contribution in [0.1, 0.15) is 13.3 Å². The molecular weight excluding hydrogens is 342 g/mol. The van der Waals surface area contributed by atoms with Crippen LogP contribution in [0.5, 0.6) is 0 Å². The van der Waals surface area contributed by atoms with Crippen LogP contribution in [0.25, 0.3) is 0 Å². The van der Waals surface area contributed by atoms with Crippen molar-refractivity contribution in [3.63, 3.8) is 0 Å². The van der Waals surface area contributed by atoms with Gasteiger partial charge in [0.15, 0.2) is 5.82 Å². The lowest BCUT2D eigenvalue weighted by Crippen LogP contribution is -2.64. The van der Waals surface area contributed by atoms with Gasteiger partial charge in [-0.25, -0.2) is 17.5 Å². The van der Waals surface area contributed by atoms with Crippen LogP contribution < -0.4 is 10.5 Å². The Hall–Kier alpha value is -0.440. The van der Waals surface area contributed by atoms with Crippen molar-refractivity contribution in [2.45, 2.75) is 36.4 Å². The largest absolute Gasteiger partial charge is 0.377 e. The first-order valence-corrected chi connectivity index (χ1v) is 8.54.